The maximum Gasteiger partial charge on any atom is 0.137 e. The van der Waals surface area contributed by atoms with Crippen LogP contribution in [0.2, 0.25) is 0 Å². The van der Waals surface area contributed by atoms with Crippen LogP contribution < -0.4 is 10.5 Å². The van der Waals surface area contributed by atoms with E-state index in [0.29, 0.717) is 6.61 Å². The van der Waals surface area contributed by atoms with Gasteiger partial charge in [0.2, 0.25) is 0 Å². The average molecular weight is 291 g/mol. The van der Waals surface area contributed by atoms with Crippen LogP contribution in [-0.4, -0.2) is 35.1 Å². The molecule has 1 aliphatic heterocycles. The molecule has 0 saturated carbocycles. The highest BCUT2D eigenvalue weighted by molar-refractivity contribution is 5.28. The number of likely N-dealkylation sites (tertiary alicyclic amines) is 1. The number of hydrogen-bond donors (Lipinski definition) is 1. The summed E-state index contributed by atoms with van der Waals surface area (Å²) in [6, 6.07) is 1.96. The van der Waals surface area contributed by atoms with Crippen LogP contribution in [0.4, 0.5) is 0 Å². The molecule has 2 N–H and O–H groups in total. The first-order valence-electron chi connectivity index (χ1n) is 8.14. The maximum atomic E-state index is 6.58. The molecule has 4 nitrogen and oxygen atoms in total. The molecular weight excluding hydrogens is 262 g/mol. The third-order valence-corrected chi connectivity index (χ3v) is 4.59. The first-order valence-corrected chi connectivity index (χ1v) is 8.14. The quantitative estimate of drug-likeness (QED) is 0.905. The van der Waals surface area contributed by atoms with Gasteiger partial charge in [-0.2, -0.15) is 0 Å². The van der Waals surface area contributed by atoms with Crippen molar-refractivity contribution >= 4 is 0 Å². The van der Waals surface area contributed by atoms with Gasteiger partial charge < -0.3 is 10.5 Å². The summed E-state index contributed by atoms with van der Waals surface area (Å²) in [6.45, 7) is 9.40. The Kier molecular flexibility index (Phi) is 5.59. The Morgan fingerprint density at radius 1 is 1.24 bits per heavy atom. The molecule has 2 rings (SSSR count). The minimum Gasteiger partial charge on any atom is -0.492 e. The highest BCUT2D eigenvalue weighted by Gasteiger charge is 2.34. The number of rotatable bonds is 5. The molecule has 0 bridgehead atoms. The molecular formula is C17H29N3O. The molecule has 1 aromatic rings. The summed E-state index contributed by atoms with van der Waals surface area (Å²) < 4.78 is 5.54. The van der Waals surface area contributed by atoms with E-state index < -0.39 is 0 Å². The Morgan fingerprint density at radius 2 is 1.90 bits per heavy atom. The summed E-state index contributed by atoms with van der Waals surface area (Å²) in [5.41, 5.74) is 7.56. The summed E-state index contributed by atoms with van der Waals surface area (Å²) in [5.74, 6) is 0.803. The fraction of sp³-hybridized carbons (Fsp3) is 0.706. The van der Waals surface area contributed by atoms with E-state index in [9.17, 15) is 0 Å². The highest BCUT2D eigenvalue weighted by Crippen LogP contribution is 2.31. The average Bonchev–Trinajstić information content (AvgIpc) is 2.76. The summed E-state index contributed by atoms with van der Waals surface area (Å²) in [4.78, 5) is 6.82. The van der Waals surface area contributed by atoms with E-state index in [4.69, 9.17) is 10.5 Å². The third-order valence-electron chi connectivity index (χ3n) is 4.59. The number of ether oxygens (including phenoxy) is 1. The number of aromatic nitrogens is 1. The lowest BCUT2D eigenvalue weighted by Gasteiger charge is -2.42. The number of nitrogens with zero attached hydrogens (tertiary/aromatic N) is 2. The Hall–Kier alpha value is -1.13. The highest BCUT2D eigenvalue weighted by atomic mass is 16.5. The zero-order valence-corrected chi connectivity index (χ0v) is 13.6. The lowest BCUT2D eigenvalue weighted by molar-refractivity contribution is 0.0978. The Morgan fingerprint density at radius 3 is 2.52 bits per heavy atom. The van der Waals surface area contributed by atoms with Gasteiger partial charge in [0.25, 0.3) is 0 Å². The molecule has 1 unspecified atom stereocenters. The van der Waals surface area contributed by atoms with E-state index in [1.54, 1.807) is 6.20 Å². The van der Waals surface area contributed by atoms with Crippen molar-refractivity contribution in [1.29, 1.82) is 0 Å². The summed E-state index contributed by atoms with van der Waals surface area (Å²) in [5, 5.41) is 0. The van der Waals surface area contributed by atoms with Gasteiger partial charge in [-0.1, -0.05) is 12.8 Å². The second-order valence-corrected chi connectivity index (χ2v) is 6.42. The number of hydrogen-bond acceptors (Lipinski definition) is 4. The van der Waals surface area contributed by atoms with Crippen molar-refractivity contribution in [3.05, 3.63) is 24.0 Å². The molecule has 4 heteroatoms. The fourth-order valence-corrected chi connectivity index (χ4v) is 3.10. The molecule has 21 heavy (non-hydrogen) atoms. The molecule has 0 aliphatic carbocycles. The third kappa shape index (κ3) is 3.95. The standard InChI is InChI=1S/C17H29N3O/c1-4-21-15-11-14(12-19-13-15)16(18)17(2,3)20-9-7-5-6-8-10-20/h11-13,16H,4-10,18H2,1-3H3. The normalized spacial score (nSPS) is 19.0. The van der Waals surface area contributed by atoms with E-state index in [1.165, 1.54) is 25.7 Å². The molecule has 1 fully saturated rings. The molecule has 0 aromatic carbocycles. The van der Waals surface area contributed by atoms with Gasteiger partial charge in [0.05, 0.1) is 12.8 Å². The van der Waals surface area contributed by atoms with Crippen molar-refractivity contribution in [3.63, 3.8) is 0 Å². The van der Waals surface area contributed by atoms with Crippen LogP contribution in [0.1, 0.15) is 58.1 Å². The van der Waals surface area contributed by atoms with Gasteiger partial charge in [0, 0.05) is 17.8 Å². The second-order valence-electron chi connectivity index (χ2n) is 6.42. The van der Waals surface area contributed by atoms with Crippen molar-refractivity contribution in [2.24, 2.45) is 5.73 Å². The van der Waals surface area contributed by atoms with Gasteiger partial charge in [-0.05, 0) is 58.3 Å². The smallest absolute Gasteiger partial charge is 0.137 e. The minimum atomic E-state index is -0.0726. The predicted octanol–water partition coefficient (Wildman–Crippen LogP) is 3.13. The predicted molar refractivity (Wildman–Crippen MR) is 86.5 cm³/mol. The fourth-order valence-electron chi connectivity index (χ4n) is 3.10. The molecule has 118 valence electrons. The first kappa shape index (κ1) is 16.2. The van der Waals surface area contributed by atoms with Gasteiger partial charge in [-0.25, -0.2) is 0 Å². The van der Waals surface area contributed by atoms with E-state index in [0.717, 1.165) is 24.4 Å². The van der Waals surface area contributed by atoms with Gasteiger partial charge >= 0.3 is 0 Å². The Bertz CT molecular complexity index is 439. The van der Waals surface area contributed by atoms with Crippen molar-refractivity contribution in [1.82, 2.24) is 9.88 Å². The van der Waals surface area contributed by atoms with E-state index in [2.05, 4.69) is 23.7 Å². The lowest BCUT2D eigenvalue weighted by atomic mass is 9.88. The van der Waals surface area contributed by atoms with Crippen molar-refractivity contribution in [2.75, 3.05) is 19.7 Å². The van der Waals surface area contributed by atoms with Crippen molar-refractivity contribution < 1.29 is 4.74 Å². The molecule has 1 aromatic heterocycles. The van der Waals surface area contributed by atoms with Crippen LogP contribution in [-0.2, 0) is 0 Å². The zero-order valence-electron chi connectivity index (χ0n) is 13.6. The number of nitrogens with two attached hydrogens (primary N) is 1. The van der Waals surface area contributed by atoms with Gasteiger partial charge in [-0.15, -0.1) is 0 Å². The van der Waals surface area contributed by atoms with Crippen LogP contribution in [0.25, 0.3) is 0 Å². The summed E-state index contributed by atoms with van der Waals surface area (Å²) in [7, 11) is 0. The monoisotopic (exact) mass is 291 g/mol. The molecule has 2 heterocycles. The Labute approximate surface area is 128 Å². The molecule has 0 spiro atoms. The zero-order chi connectivity index (χ0) is 15.3. The molecule has 1 saturated heterocycles. The van der Waals surface area contributed by atoms with E-state index in [-0.39, 0.29) is 11.6 Å². The van der Waals surface area contributed by atoms with Crippen LogP contribution in [0.3, 0.4) is 0 Å². The number of pyridine rings is 1. The van der Waals surface area contributed by atoms with Crippen molar-refractivity contribution in [2.45, 2.75) is 58.0 Å². The molecule has 1 aliphatic rings. The molecule has 1 atom stereocenters. The van der Waals surface area contributed by atoms with Gasteiger partial charge in [-0.3, -0.25) is 9.88 Å². The van der Waals surface area contributed by atoms with Crippen LogP contribution in [0.15, 0.2) is 18.5 Å². The van der Waals surface area contributed by atoms with Crippen LogP contribution in [0, 0.1) is 0 Å². The van der Waals surface area contributed by atoms with Gasteiger partial charge in [0.15, 0.2) is 0 Å². The lowest BCUT2D eigenvalue weighted by Crippen LogP contribution is -2.51. The van der Waals surface area contributed by atoms with E-state index in [1.807, 2.05) is 19.2 Å². The largest absolute Gasteiger partial charge is 0.492 e. The maximum absolute atomic E-state index is 6.58. The van der Waals surface area contributed by atoms with Crippen molar-refractivity contribution in [3.8, 4) is 5.75 Å². The molecule has 0 radical (unpaired) electrons. The SMILES string of the molecule is CCOc1cncc(C(N)C(C)(C)N2CCCCCC2)c1. The second kappa shape index (κ2) is 7.23. The summed E-state index contributed by atoms with van der Waals surface area (Å²) >= 11 is 0. The van der Waals surface area contributed by atoms with Crippen LogP contribution >= 0.6 is 0 Å². The Balaban J connectivity index is 2.15. The molecule has 0 amide bonds. The van der Waals surface area contributed by atoms with Crippen LogP contribution in [0.5, 0.6) is 5.75 Å². The summed E-state index contributed by atoms with van der Waals surface area (Å²) in [6.07, 6.45) is 8.83. The minimum absolute atomic E-state index is 0.0662. The first-order chi connectivity index (χ1) is 10.1. The van der Waals surface area contributed by atoms with Gasteiger partial charge in [0.1, 0.15) is 5.75 Å². The van der Waals surface area contributed by atoms with E-state index >= 15 is 0 Å². The topological polar surface area (TPSA) is 51.4 Å².